The molecule has 1 rings (SSSR count). The van der Waals surface area contributed by atoms with Crippen LogP contribution in [0.15, 0.2) is 0 Å². The first-order valence-electron chi connectivity index (χ1n) is 5.81. The zero-order valence-corrected chi connectivity index (χ0v) is 10.2. The maximum atomic E-state index is 11.6. The molecule has 0 saturated heterocycles. The van der Waals surface area contributed by atoms with E-state index in [4.69, 9.17) is 10.8 Å². The van der Waals surface area contributed by atoms with E-state index in [1.54, 1.807) is 0 Å². The molecule has 1 aliphatic carbocycles. The van der Waals surface area contributed by atoms with Gasteiger partial charge in [0, 0.05) is 6.04 Å². The summed E-state index contributed by atoms with van der Waals surface area (Å²) in [6.07, 6.45) is 1.72. The maximum absolute atomic E-state index is 11.6. The number of nitrogens with two attached hydrogens (primary N) is 1. The highest BCUT2D eigenvalue weighted by atomic mass is 16.5. The van der Waals surface area contributed by atoms with Crippen LogP contribution in [-0.2, 0) is 19.1 Å². The molecule has 0 aliphatic heterocycles. The lowest BCUT2D eigenvalue weighted by Crippen LogP contribution is -2.48. The third-order valence-electron chi connectivity index (χ3n) is 3.08. The number of rotatable bonds is 5. The number of nitrogens with one attached hydrogen (secondary N) is 1. The second-order valence-electron chi connectivity index (χ2n) is 4.38. The normalized spacial score (nSPS) is 24.3. The summed E-state index contributed by atoms with van der Waals surface area (Å²) < 4.78 is 4.66. The van der Waals surface area contributed by atoms with E-state index >= 15 is 0 Å². The van der Waals surface area contributed by atoms with E-state index in [9.17, 15) is 14.4 Å². The molecule has 3 atom stereocenters. The van der Waals surface area contributed by atoms with E-state index in [0.717, 1.165) is 6.42 Å². The molecule has 0 spiro atoms. The molecule has 0 aromatic rings. The van der Waals surface area contributed by atoms with Crippen LogP contribution in [0.25, 0.3) is 0 Å². The zero-order valence-electron chi connectivity index (χ0n) is 10.2. The number of hydrogen-bond donors (Lipinski definition) is 3. The number of carbonyl (C=O) groups is 3. The monoisotopic (exact) mass is 258 g/mol. The van der Waals surface area contributed by atoms with Crippen LogP contribution in [0.2, 0.25) is 0 Å². The van der Waals surface area contributed by atoms with Crippen LogP contribution in [0, 0.1) is 5.92 Å². The van der Waals surface area contributed by atoms with Gasteiger partial charge in [-0.3, -0.25) is 14.4 Å². The van der Waals surface area contributed by atoms with Crippen molar-refractivity contribution in [2.75, 3.05) is 7.11 Å². The van der Waals surface area contributed by atoms with Gasteiger partial charge in [-0.05, 0) is 12.8 Å². The van der Waals surface area contributed by atoms with Gasteiger partial charge in [-0.25, -0.2) is 0 Å². The average molecular weight is 258 g/mol. The SMILES string of the molecule is COC(=O)[C@H]1CCC[C@@H]1NC(=O)[C@@H](N)CC(=O)O. The van der Waals surface area contributed by atoms with Crippen molar-refractivity contribution in [3.05, 3.63) is 0 Å². The lowest BCUT2D eigenvalue weighted by atomic mass is 10.0. The molecule has 7 nitrogen and oxygen atoms in total. The van der Waals surface area contributed by atoms with Crippen molar-refractivity contribution in [3.63, 3.8) is 0 Å². The highest BCUT2D eigenvalue weighted by molar-refractivity contribution is 5.86. The summed E-state index contributed by atoms with van der Waals surface area (Å²) >= 11 is 0. The number of aliphatic carboxylic acids is 1. The number of hydrogen-bond acceptors (Lipinski definition) is 5. The highest BCUT2D eigenvalue weighted by Gasteiger charge is 2.35. The first kappa shape index (κ1) is 14.4. The third kappa shape index (κ3) is 3.69. The van der Waals surface area contributed by atoms with Crippen molar-refractivity contribution in [1.82, 2.24) is 5.32 Å². The average Bonchev–Trinajstić information content (AvgIpc) is 2.75. The van der Waals surface area contributed by atoms with Crippen molar-refractivity contribution in [1.29, 1.82) is 0 Å². The fraction of sp³-hybridized carbons (Fsp3) is 0.727. The summed E-state index contributed by atoms with van der Waals surface area (Å²) in [7, 11) is 1.30. The summed E-state index contributed by atoms with van der Waals surface area (Å²) in [5, 5.41) is 11.2. The lowest BCUT2D eigenvalue weighted by molar-refractivity contribution is -0.146. The second-order valence-corrected chi connectivity index (χ2v) is 4.38. The topological polar surface area (TPSA) is 119 Å². The van der Waals surface area contributed by atoms with E-state index in [1.165, 1.54) is 7.11 Å². The van der Waals surface area contributed by atoms with Gasteiger partial charge in [0.15, 0.2) is 0 Å². The minimum atomic E-state index is -1.13. The predicted molar refractivity (Wildman–Crippen MR) is 61.5 cm³/mol. The molecule has 102 valence electrons. The van der Waals surface area contributed by atoms with E-state index in [-0.39, 0.29) is 17.9 Å². The number of carboxylic acid groups (broad SMARTS) is 1. The Bertz CT molecular complexity index is 344. The molecular formula is C11H18N2O5. The molecule has 4 N–H and O–H groups in total. The minimum Gasteiger partial charge on any atom is -0.481 e. The highest BCUT2D eigenvalue weighted by Crippen LogP contribution is 2.26. The van der Waals surface area contributed by atoms with Crippen LogP contribution in [0.4, 0.5) is 0 Å². The Balaban J connectivity index is 2.53. The smallest absolute Gasteiger partial charge is 0.310 e. The van der Waals surface area contributed by atoms with E-state index < -0.39 is 24.3 Å². The van der Waals surface area contributed by atoms with Gasteiger partial charge in [-0.15, -0.1) is 0 Å². The van der Waals surface area contributed by atoms with Crippen LogP contribution < -0.4 is 11.1 Å². The maximum Gasteiger partial charge on any atom is 0.310 e. The van der Waals surface area contributed by atoms with Crippen LogP contribution in [0.5, 0.6) is 0 Å². The van der Waals surface area contributed by atoms with Crippen molar-refractivity contribution < 1.29 is 24.2 Å². The Morgan fingerprint density at radius 1 is 1.44 bits per heavy atom. The molecule has 0 heterocycles. The number of esters is 1. The molecule has 1 amide bonds. The van der Waals surface area contributed by atoms with Gasteiger partial charge in [-0.1, -0.05) is 6.42 Å². The number of ether oxygens (including phenoxy) is 1. The fourth-order valence-electron chi connectivity index (χ4n) is 2.14. The standard InChI is InChI=1S/C11H18N2O5/c1-18-11(17)6-3-2-4-8(6)13-10(16)7(12)5-9(14)15/h6-8H,2-5,12H2,1H3,(H,13,16)(H,14,15)/t6-,7-,8-/m0/s1. The Morgan fingerprint density at radius 2 is 2.11 bits per heavy atom. The summed E-state index contributed by atoms with van der Waals surface area (Å²) in [5.41, 5.74) is 5.44. The van der Waals surface area contributed by atoms with Crippen LogP contribution >= 0.6 is 0 Å². The first-order valence-corrected chi connectivity index (χ1v) is 5.81. The van der Waals surface area contributed by atoms with Gasteiger partial charge in [0.05, 0.1) is 25.5 Å². The number of carbonyl (C=O) groups excluding carboxylic acids is 2. The van der Waals surface area contributed by atoms with Crippen molar-refractivity contribution in [2.45, 2.75) is 37.8 Å². The van der Waals surface area contributed by atoms with Crippen LogP contribution in [0.1, 0.15) is 25.7 Å². The second kappa shape index (κ2) is 6.34. The van der Waals surface area contributed by atoms with Crippen LogP contribution in [0.3, 0.4) is 0 Å². The first-order chi connectivity index (χ1) is 8.45. The molecule has 1 saturated carbocycles. The molecule has 0 unspecified atom stereocenters. The Hall–Kier alpha value is -1.63. The van der Waals surface area contributed by atoms with Crippen molar-refractivity contribution in [3.8, 4) is 0 Å². The molecule has 0 aromatic carbocycles. The molecule has 7 heteroatoms. The van der Waals surface area contributed by atoms with Gasteiger partial charge in [0.1, 0.15) is 0 Å². The minimum absolute atomic E-state index is 0.315. The largest absolute Gasteiger partial charge is 0.481 e. The third-order valence-corrected chi connectivity index (χ3v) is 3.08. The Morgan fingerprint density at radius 3 is 2.67 bits per heavy atom. The Kier molecular flexibility index (Phi) is 5.08. The number of amides is 1. The molecular weight excluding hydrogens is 240 g/mol. The van der Waals surface area contributed by atoms with E-state index in [0.29, 0.717) is 12.8 Å². The van der Waals surface area contributed by atoms with Gasteiger partial charge < -0.3 is 20.9 Å². The van der Waals surface area contributed by atoms with Gasteiger partial charge in [0.25, 0.3) is 0 Å². The summed E-state index contributed by atoms with van der Waals surface area (Å²) in [4.78, 5) is 33.5. The quantitative estimate of drug-likeness (QED) is 0.558. The lowest BCUT2D eigenvalue weighted by Gasteiger charge is -2.20. The summed E-state index contributed by atoms with van der Waals surface area (Å²) in [5.74, 6) is -2.40. The van der Waals surface area contributed by atoms with Gasteiger partial charge in [0.2, 0.25) is 5.91 Å². The molecule has 0 radical (unpaired) electrons. The van der Waals surface area contributed by atoms with Gasteiger partial charge >= 0.3 is 11.9 Å². The van der Waals surface area contributed by atoms with Gasteiger partial charge in [-0.2, -0.15) is 0 Å². The summed E-state index contributed by atoms with van der Waals surface area (Å²) in [6.45, 7) is 0. The fourth-order valence-corrected chi connectivity index (χ4v) is 2.14. The number of methoxy groups -OCH3 is 1. The van der Waals surface area contributed by atoms with E-state index in [2.05, 4.69) is 10.1 Å². The van der Waals surface area contributed by atoms with Crippen molar-refractivity contribution in [2.24, 2.45) is 11.7 Å². The molecule has 18 heavy (non-hydrogen) atoms. The van der Waals surface area contributed by atoms with E-state index in [1.807, 2.05) is 0 Å². The molecule has 1 fully saturated rings. The molecule has 1 aliphatic rings. The molecule has 0 bridgehead atoms. The van der Waals surface area contributed by atoms with Crippen LogP contribution in [-0.4, -0.2) is 42.1 Å². The molecule has 0 aromatic heterocycles. The Labute approximate surface area is 105 Å². The van der Waals surface area contributed by atoms with Crippen molar-refractivity contribution >= 4 is 17.8 Å². The predicted octanol–water partition coefficient (Wildman–Crippen LogP) is -0.754. The summed E-state index contributed by atoms with van der Waals surface area (Å²) in [6, 6.07) is -1.41. The zero-order chi connectivity index (χ0) is 13.7. The number of carboxylic acids is 1.